The molecular formula is C20H16NO3S2-. The molecule has 0 unspecified atom stereocenters. The zero-order valence-corrected chi connectivity index (χ0v) is 15.9. The number of hydrogen-bond acceptors (Lipinski definition) is 5. The number of thioether (sulfide) groups is 1. The Hall–Kier alpha value is -2.44. The standard InChI is InChI=1S/C20H17NO3S2/c1-12(2)14-5-3-13(4-6-14)11-17-18(22)21(20(25)26-17)16-9-7-15(8-10-16)19(23)24/h3-12H,1-2H3,(H,23,24)/p-1/b17-11+. The largest absolute Gasteiger partial charge is 0.545 e. The van der Waals surface area contributed by atoms with E-state index in [0.29, 0.717) is 20.8 Å². The summed E-state index contributed by atoms with van der Waals surface area (Å²) in [5.41, 5.74) is 2.76. The Bertz CT molecular complexity index is 900. The van der Waals surface area contributed by atoms with Crippen molar-refractivity contribution in [1.82, 2.24) is 0 Å². The number of thiocarbonyl (C=S) groups is 1. The SMILES string of the molecule is CC(C)c1ccc(/C=C2/SC(=S)N(c3ccc(C(=O)[O-])cc3)C2=O)cc1. The highest BCUT2D eigenvalue weighted by molar-refractivity contribution is 8.27. The molecule has 1 heterocycles. The van der Waals surface area contributed by atoms with Crippen LogP contribution in [-0.2, 0) is 4.79 Å². The second kappa shape index (κ2) is 7.43. The van der Waals surface area contributed by atoms with Crippen LogP contribution in [0, 0.1) is 0 Å². The third-order valence-electron chi connectivity index (χ3n) is 4.06. The Morgan fingerprint density at radius 3 is 2.27 bits per heavy atom. The second-order valence-corrected chi connectivity index (χ2v) is 7.85. The van der Waals surface area contributed by atoms with Gasteiger partial charge in [-0.25, -0.2) is 0 Å². The van der Waals surface area contributed by atoms with Crippen LogP contribution in [0.1, 0.15) is 41.3 Å². The van der Waals surface area contributed by atoms with Gasteiger partial charge in [0.1, 0.15) is 0 Å². The number of carbonyl (C=O) groups is 2. The molecule has 0 radical (unpaired) electrons. The summed E-state index contributed by atoms with van der Waals surface area (Å²) in [4.78, 5) is 25.5. The third kappa shape index (κ3) is 3.71. The van der Waals surface area contributed by atoms with Gasteiger partial charge >= 0.3 is 0 Å². The molecule has 0 atom stereocenters. The molecule has 1 saturated heterocycles. The number of aromatic carboxylic acids is 1. The van der Waals surface area contributed by atoms with Gasteiger partial charge in [-0.05, 0) is 40.8 Å². The molecule has 0 bridgehead atoms. The van der Waals surface area contributed by atoms with E-state index < -0.39 is 5.97 Å². The fourth-order valence-corrected chi connectivity index (χ4v) is 3.86. The molecule has 6 heteroatoms. The first-order chi connectivity index (χ1) is 12.4. The molecule has 1 amide bonds. The lowest BCUT2D eigenvalue weighted by atomic mass is 10.0. The van der Waals surface area contributed by atoms with Gasteiger partial charge < -0.3 is 9.90 Å². The van der Waals surface area contributed by atoms with Gasteiger partial charge in [0.05, 0.1) is 16.6 Å². The van der Waals surface area contributed by atoms with Crippen LogP contribution >= 0.6 is 24.0 Å². The summed E-state index contributed by atoms with van der Waals surface area (Å²) >= 11 is 6.56. The van der Waals surface area contributed by atoms with Gasteiger partial charge in [0.2, 0.25) is 0 Å². The number of carboxylic acid groups (broad SMARTS) is 1. The van der Waals surface area contributed by atoms with Crippen LogP contribution in [0.15, 0.2) is 53.4 Å². The molecule has 0 saturated carbocycles. The fraction of sp³-hybridized carbons (Fsp3) is 0.150. The van der Waals surface area contributed by atoms with Gasteiger partial charge in [0.25, 0.3) is 5.91 Å². The summed E-state index contributed by atoms with van der Waals surface area (Å²) in [5, 5.41) is 10.9. The zero-order valence-electron chi connectivity index (χ0n) is 14.3. The van der Waals surface area contributed by atoms with Crippen molar-refractivity contribution in [3.63, 3.8) is 0 Å². The number of amides is 1. The van der Waals surface area contributed by atoms with E-state index >= 15 is 0 Å². The second-order valence-electron chi connectivity index (χ2n) is 6.17. The molecular weight excluding hydrogens is 366 g/mol. The predicted molar refractivity (Wildman–Crippen MR) is 107 cm³/mol. The average Bonchev–Trinajstić information content (AvgIpc) is 2.89. The maximum absolute atomic E-state index is 12.7. The Labute approximate surface area is 161 Å². The van der Waals surface area contributed by atoms with E-state index in [9.17, 15) is 14.7 Å². The van der Waals surface area contributed by atoms with Crippen LogP contribution in [0.2, 0.25) is 0 Å². The lowest BCUT2D eigenvalue weighted by Gasteiger charge is -2.15. The fourth-order valence-electron chi connectivity index (χ4n) is 2.57. The maximum Gasteiger partial charge on any atom is 0.270 e. The van der Waals surface area contributed by atoms with Crippen molar-refractivity contribution < 1.29 is 14.7 Å². The van der Waals surface area contributed by atoms with Crippen LogP contribution in [0.3, 0.4) is 0 Å². The first-order valence-electron chi connectivity index (χ1n) is 8.06. The minimum absolute atomic E-state index is 0.0555. The Kier molecular flexibility index (Phi) is 5.25. The molecule has 132 valence electrons. The molecule has 4 nitrogen and oxygen atoms in total. The summed E-state index contributed by atoms with van der Waals surface area (Å²) in [7, 11) is 0. The van der Waals surface area contributed by atoms with Crippen LogP contribution < -0.4 is 10.0 Å². The summed E-state index contributed by atoms with van der Waals surface area (Å²) in [6, 6.07) is 14.0. The maximum atomic E-state index is 12.7. The number of carbonyl (C=O) groups excluding carboxylic acids is 2. The summed E-state index contributed by atoms with van der Waals surface area (Å²) in [6.07, 6.45) is 1.82. The van der Waals surface area contributed by atoms with E-state index in [1.54, 1.807) is 12.1 Å². The van der Waals surface area contributed by atoms with Crippen molar-refractivity contribution in [2.24, 2.45) is 0 Å². The van der Waals surface area contributed by atoms with Crippen molar-refractivity contribution in [3.05, 3.63) is 70.1 Å². The summed E-state index contributed by atoms with van der Waals surface area (Å²) in [5.74, 6) is -1.02. The van der Waals surface area contributed by atoms with Gasteiger partial charge in [-0.1, -0.05) is 74.2 Å². The number of hydrogen-bond donors (Lipinski definition) is 0. The van der Waals surface area contributed by atoms with Crippen LogP contribution in [0.5, 0.6) is 0 Å². The normalized spacial score (nSPS) is 16.0. The van der Waals surface area contributed by atoms with Gasteiger partial charge in [-0.3, -0.25) is 9.69 Å². The van der Waals surface area contributed by atoms with E-state index in [1.165, 1.54) is 34.4 Å². The topological polar surface area (TPSA) is 60.4 Å². The van der Waals surface area contributed by atoms with Crippen molar-refractivity contribution >= 4 is 51.9 Å². The first-order valence-corrected chi connectivity index (χ1v) is 9.28. The highest BCUT2D eigenvalue weighted by Gasteiger charge is 2.33. The first kappa shape index (κ1) is 18.4. The zero-order chi connectivity index (χ0) is 18.8. The van der Waals surface area contributed by atoms with Crippen molar-refractivity contribution in [3.8, 4) is 0 Å². The Morgan fingerprint density at radius 2 is 1.73 bits per heavy atom. The van der Waals surface area contributed by atoms with E-state index in [2.05, 4.69) is 26.0 Å². The van der Waals surface area contributed by atoms with Crippen LogP contribution in [-0.4, -0.2) is 16.2 Å². The molecule has 0 N–H and O–H groups in total. The smallest absolute Gasteiger partial charge is 0.270 e. The van der Waals surface area contributed by atoms with Crippen molar-refractivity contribution in [2.45, 2.75) is 19.8 Å². The molecule has 1 aliphatic rings. The number of carboxylic acids is 1. The predicted octanol–water partition coefficient (Wildman–Crippen LogP) is 3.58. The molecule has 1 fully saturated rings. The summed E-state index contributed by atoms with van der Waals surface area (Å²) < 4.78 is 0.418. The van der Waals surface area contributed by atoms with Crippen LogP contribution in [0.25, 0.3) is 6.08 Å². The molecule has 0 aliphatic carbocycles. The van der Waals surface area contributed by atoms with E-state index in [-0.39, 0.29) is 11.5 Å². The molecule has 2 aromatic rings. The van der Waals surface area contributed by atoms with Crippen molar-refractivity contribution in [1.29, 1.82) is 0 Å². The molecule has 0 spiro atoms. The number of nitrogens with zero attached hydrogens (tertiary/aromatic N) is 1. The highest BCUT2D eigenvalue weighted by atomic mass is 32.2. The van der Waals surface area contributed by atoms with E-state index in [0.717, 1.165) is 5.56 Å². The molecule has 2 aromatic carbocycles. The minimum atomic E-state index is -1.26. The molecule has 26 heavy (non-hydrogen) atoms. The van der Waals surface area contributed by atoms with E-state index in [4.69, 9.17) is 12.2 Å². The molecule has 3 rings (SSSR count). The van der Waals surface area contributed by atoms with Gasteiger partial charge in [-0.15, -0.1) is 0 Å². The monoisotopic (exact) mass is 382 g/mol. The molecule has 1 aliphatic heterocycles. The van der Waals surface area contributed by atoms with Crippen molar-refractivity contribution in [2.75, 3.05) is 4.90 Å². The lowest BCUT2D eigenvalue weighted by molar-refractivity contribution is -0.255. The van der Waals surface area contributed by atoms with Gasteiger partial charge in [-0.2, -0.15) is 0 Å². The number of rotatable bonds is 4. The highest BCUT2D eigenvalue weighted by Crippen LogP contribution is 2.36. The third-order valence-corrected chi connectivity index (χ3v) is 5.36. The average molecular weight is 382 g/mol. The number of anilines is 1. The van der Waals surface area contributed by atoms with Crippen LogP contribution in [0.4, 0.5) is 5.69 Å². The lowest BCUT2D eigenvalue weighted by Crippen LogP contribution is -2.28. The quantitative estimate of drug-likeness (QED) is 0.597. The van der Waals surface area contributed by atoms with Gasteiger partial charge in [0, 0.05) is 0 Å². The van der Waals surface area contributed by atoms with E-state index in [1.807, 2.05) is 18.2 Å². The Morgan fingerprint density at radius 1 is 1.12 bits per heavy atom. The Balaban J connectivity index is 1.85. The van der Waals surface area contributed by atoms with Gasteiger partial charge in [0.15, 0.2) is 4.32 Å². The summed E-state index contributed by atoms with van der Waals surface area (Å²) in [6.45, 7) is 4.26. The molecule has 0 aromatic heterocycles. The minimum Gasteiger partial charge on any atom is -0.545 e. The number of benzene rings is 2.